The van der Waals surface area contributed by atoms with E-state index in [1.165, 1.54) is 11.8 Å². The summed E-state index contributed by atoms with van der Waals surface area (Å²) in [6.45, 7) is 5.58. The molecule has 1 aliphatic rings. The van der Waals surface area contributed by atoms with Crippen molar-refractivity contribution in [2.24, 2.45) is 5.92 Å². The van der Waals surface area contributed by atoms with E-state index in [9.17, 15) is 9.59 Å². The van der Waals surface area contributed by atoms with Gasteiger partial charge in [-0.25, -0.2) is 4.98 Å². The van der Waals surface area contributed by atoms with Gasteiger partial charge in [0.05, 0.1) is 18.2 Å². The zero-order chi connectivity index (χ0) is 20.8. The van der Waals surface area contributed by atoms with E-state index in [-0.39, 0.29) is 12.3 Å². The van der Waals surface area contributed by atoms with E-state index >= 15 is 0 Å². The zero-order valence-electron chi connectivity index (χ0n) is 17.0. The standard InChI is InChI=1S/C21H29N5O3/c1-14(2)10-18(11-19(27)28)25-21(29)16-12-23-26(13-16)9-7-17-6-5-15-4-3-8-22-20(15)24-17/h5-6,12-14,18H,3-4,7-11H2,1-2H3,(H,22,24)(H,25,29)(H,27,28). The molecule has 1 amide bonds. The second-order valence-electron chi connectivity index (χ2n) is 7.98. The van der Waals surface area contributed by atoms with Gasteiger partial charge in [-0.1, -0.05) is 19.9 Å². The largest absolute Gasteiger partial charge is 0.481 e. The number of hydrogen-bond acceptors (Lipinski definition) is 5. The molecule has 0 bridgehead atoms. The van der Waals surface area contributed by atoms with Gasteiger partial charge in [0.1, 0.15) is 5.82 Å². The predicted octanol–water partition coefficient (Wildman–Crippen LogP) is 2.50. The second kappa shape index (κ2) is 9.54. The van der Waals surface area contributed by atoms with Crippen molar-refractivity contribution in [2.45, 2.75) is 58.5 Å². The van der Waals surface area contributed by atoms with Gasteiger partial charge in [0.15, 0.2) is 0 Å². The van der Waals surface area contributed by atoms with Crippen LogP contribution in [0.25, 0.3) is 0 Å². The van der Waals surface area contributed by atoms with Crippen LogP contribution in [0.2, 0.25) is 0 Å². The maximum Gasteiger partial charge on any atom is 0.305 e. The first-order valence-corrected chi connectivity index (χ1v) is 10.2. The summed E-state index contributed by atoms with van der Waals surface area (Å²) in [7, 11) is 0. The quantitative estimate of drug-likeness (QED) is 0.598. The Morgan fingerprint density at radius 3 is 2.93 bits per heavy atom. The Bertz CT molecular complexity index is 862. The van der Waals surface area contributed by atoms with Crippen molar-refractivity contribution in [3.8, 4) is 0 Å². The average molecular weight is 399 g/mol. The molecule has 3 N–H and O–H groups in total. The molecular formula is C21H29N5O3. The summed E-state index contributed by atoms with van der Waals surface area (Å²) in [5.74, 6) is 0.0582. The van der Waals surface area contributed by atoms with Crippen LogP contribution in [0.15, 0.2) is 24.5 Å². The minimum atomic E-state index is -0.918. The number of anilines is 1. The molecule has 0 spiro atoms. The number of fused-ring (bicyclic) bond motifs is 1. The highest BCUT2D eigenvalue weighted by atomic mass is 16.4. The summed E-state index contributed by atoms with van der Waals surface area (Å²) in [5.41, 5.74) is 2.68. The molecule has 0 aliphatic carbocycles. The van der Waals surface area contributed by atoms with Crippen LogP contribution in [0.3, 0.4) is 0 Å². The van der Waals surface area contributed by atoms with Gasteiger partial charge in [0.2, 0.25) is 0 Å². The number of hydrogen-bond donors (Lipinski definition) is 3. The molecule has 0 radical (unpaired) electrons. The minimum absolute atomic E-state index is 0.0872. The summed E-state index contributed by atoms with van der Waals surface area (Å²) >= 11 is 0. The SMILES string of the molecule is CC(C)CC(CC(=O)O)NC(=O)c1cnn(CCc2ccc3c(n2)NCCC3)c1. The lowest BCUT2D eigenvalue weighted by atomic mass is 10.0. The molecule has 0 saturated heterocycles. The van der Waals surface area contributed by atoms with Crippen molar-refractivity contribution < 1.29 is 14.7 Å². The van der Waals surface area contributed by atoms with E-state index in [0.29, 0.717) is 30.9 Å². The van der Waals surface area contributed by atoms with Crippen molar-refractivity contribution >= 4 is 17.7 Å². The summed E-state index contributed by atoms with van der Waals surface area (Å²) in [6.07, 6.45) is 6.65. The highest BCUT2D eigenvalue weighted by molar-refractivity contribution is 5.94. The Balaban J connectivity index is 1.56. The summed E-state index contributed by atoms with van der Waals surface area (Å²) in [6, 6.07) is 3.78. The van der Waals surface area contributed by atoms with Gasteiger partial charge < -0.3 is 15.7 Å². The van der Waals surface area contributed by atoms with E-state index in [4.69, 9.17) is 5.11 Å². The molecule has 1 atom stereocenters. The highest BCUT2D eigenvalue weighted by Crippen LogP contribution is 2.20. The van der Waals surface area contributed by atoms with Crippen LogP contribution in [-0.2, 0) is 24.2 Å². The maximum atomic E-state index is 12.5. The first kappa shape index (κ1) is 20.8. The molecule has 1 unspecified atom stereocenters. The van der Waals surface area contributed by atoms with Crippen molar-refractivity contribution in [3.63, 3.8) is 0 Å². The van der Waals surface area contributed by atoms with Crippen molar-refractivity contribution in [3.05, 3.63) is 41.3 Å². The number of carboxylic acids is 1. The van der Waals surface area contributed by atoms with Crippen LogP contribution in [0.4, 0.5) is 5.82 Å². The third-order valence-corrected chi connectivity index (χ3v) is 4.96. The first-order valence-electron chi connectivity index (χ1n) is 10.2. The topological polar surface area (TPSA) is 109 Å². The van der Waals surface area contributed by atoms with Gasteiger partial charge >= 0.3 is 5.97 Å². The van der Waals surface area contributed by atoms with Gasteiger partial charge in [0.25, 0.3) is 5.91 Å². The number of nitrogens with zero attached hydrogens (tertiary/aromatic N) is 3. The van der Waals surface area contributed by atoms with Gasteiger partial charge in [-0.3, -0.25) is 14.3 Å². The van der Waals surface area contributed by atoms with E-state index < -0.39 is 12.0 Å². The monoisotopic (exact) mass is 399 g/mol. The number of pyridine rings is 1. The van der Waals surface area contributed by atoms with Crippen LogP contribution in [-0.4, -0.2) is 44.3 Å². The van der Waals surface area contributed by atoms with E-state index in [1.807, 2.05) is 19.9 Å². The fourth-order valence-corrected chi connectivity index (χ4v) is 3.58. The molecule has 1 aliphatic heterocycles. The fourth-order valence-electron chi connectivity index (χ4n) is 3.58. The van der Waals surface area contributed by atoms with Crippen molar-refractivity contribution in [1.29, 1.82) is 0 Å². The number of aromatic nitrogens is 3. The Morgan fingerprint density at radius 2 is 2.17 bits per heavy atom. The number of carboxylic acid groups (broad SMARTS) is 1. The van der Waals surface area contributed by atoms with Crippen LogP contribution in [0.1, 0.15) is 54.7 Å². The summed E-state index contributed by atoms with van der Waals surface area (Å²) in [4.78, 5) is 28.2. The molecule has 0 saturated carbocycles. The summed E-state index contributed by atoms with van der Waals surface area (Å²) < 4.78 is 1.72. The normalized spacial score (nSPS) is 14.2. The first-order chi connectivity index (χ1) is 13.9. The molecule has 3 rings (SSSR count). The number of amides is 1. The lowest BCUT2D eigenvalue weighted by molar-refractivity contribution is -0.137. The van der Waals surface area contributed by atoms with E-state index in [1.54, 1.807) is 10.9 Å². The number of carbonyl (C=O) groups excluding carboxylic acids is 1. The molecule has 29 heavy (non-hydrogen) atoms. The zero-order valence-corrected chi connectivity index (χ0v) is 17.0. The van der Waals surface area contributed by atoms with Crippen LogP contribution < -0.4 is 10.6 Å². The lowest BCUT2D eigenvalue weighted by Gasteiger charge is -2.18. The second-order valence-corrected chi connectivity index (χ2v) is 7.98. The number of nitrogens with one attached hydrogen (secondary N) is 2. The Hall–Kier alpha value is -2.90. The number of aryl methyl sites for hydroxylation is 3. The Labute approximate surface area is 170 Å². The number of rotatable bonds is 9. The molecule has 0 aromatic carbocycles. The van der Waals surface area contributed by atoms with E-state index in [2.05, 4.69) is 26.8 Å². The van der Waals surface area contributed by atoms with Crippen LogP contribution >= 0.6 is 0 Å². The molecule has 8 nitrogen and oxygen atoms in total. The molecule has 0 fully saturated rings. The van der Waals surface area contributed by atoms with Gasteiger partial charge in [-0.2, -0.15) is 5.10 Å². The molecule has 156 valence electrons. The predicted molar refractivity (Wildman–Crippen MR) is 110 cm³/mol. The summed E-state index contributed by atoms with van der Waals surface area (Å²) in [5, 5.41) is 19.5. The van der Waals surface area contributed by atoms with Crippen molar-refractivity contribution in [2.75, 3.05) is 11.9 Å². The fraction of sp³-hybridized carbons (Fsp3) is 0.524. The van der Waals surface area contributed by atoms with E-state index in [0.717, 1.165) is 30.9 Å². The van der Waals surface area contributed by atoms with Gasteiger partial charge in [-0.05, 0) is 36.8 Å². The molecule has 2 aromatic rings. The highest BCUT2D eigenvalue weighted by Gasteiger charge is 2.19. The lowest BCUT2D eigenvalue weighted by Crippen LogP contribution is -2.37. The smallest absolute Gasteiger partial charge is 0.305 e. The molecule has 3 heterocycles. The number of carbonyl (C=O) groups is 2. The van der Waals surface area contributed by atoms with Gasteiger partial charge in [-0.15, -0.1) is 0 Å². The third kappa shape index (κ3) is 6.04. The van der Waals surface area contributed by atoms with Crippen LogP contribution in [0.5, 0.6) is 0 Å². The molecule has 8 heteroatoms. The van der Waals surface area contributed by atoms with Crippen molar-refractivity contribution in [1.82, 2.24) is 20.1 Å². The minimum Gasteiger partial charge on any atom is -0.481 e. The average Bonchev–Trinajstić information content (AvgIpc) is 3.14. The molecule has 2 aromatic heterocycles. The Kier molecular flexibility index (Phi) is 6.85. The van der Waals surface area contributed by atoms with Crippen LogP contribution in [0, 0.1) is 5.92 Å². The Morgan fingerprint density at radius 1 is 1.34 bits per heavy atom. The number of aliphatic carboxylic acids is 1. The molecular weight excluding hydrogens is 370 g/mol. The maximum absolute atomic E-state index is 12.5. The third-order valence-electron chi connectivity index (χ3n) is 4.96. The van der Waals surface area contributed by atoms with Gasteiger partial charge in [0, 0.05) is 37.4 Å².